The molecule has 0 unspecified atom stereocenters. The van der Waals surface area contributed by atoms with Crippen molar-refractivity contribution in [3.05, 3.63) is 76.1 Å². The molecule has 0 saturated heterocycles. The Morgan fingerprint density at radius 1 is 1.16 bits per heavy atom. The second-order valence-corrected chi connectivity index (χ2v) is 6.65. The van der Waals surface area contributed by atoms with Gasteiger partial charge in [0.25, 0.3) is 0 Å². The van der Waals surface area contributed by atoms with E-state index >= 15 is 0 Å². The highest BCUT2D eigenvalue weighted by Crippen LogP contribution is 2.35. The van der Waals surface area contributed by atoms with E-state index < -0.39 is 6.09 Å². The molecule has 1 N–H and O–H groups in total. The first-order valence-corrected chi connectivity index (χ1v) is 8.63. The number of nitriles is 1. The predicted octanol–water partition coefficient (Wildman–Crippen LogP) is 5.69. The number of halogens is 1. The van der Waals surface area contributed by atoms with Crippen LogP contribution in [0.1, 0.15) is 10.4 Å². The normalized spacial score (nSPS) is 10.1. The van der Waals surface area contributed by atoms with Gasteiger partial charge in [0.1, 0.15) is 17.6 Å². The maximum atomic E-state index is 12.0. The third-order valence-electron chi connectivity index (χ3n) is 3.39. The molecule has 0 atom stereocenters. The van der Waals surface area contributed by atoms with E-state index in [2.05, 4.69) is 11.4 Å². The van der Waals surface area contributed by atoms with E-state index in [0.29, 0.717) is 15.6 Å². The second kappa shape index (κ2) is 7.84. The van der Waals surface area contributed by atoms with Crippen molar-refractivity contribution in [2.75, 3.05) is 5.32 Å². The molecule has 0 bridgehead atoms. The fourth-order valence-corrected chi connectivity index (χ4v) is 3.32. The van der Waals surface area contributed by atoms with Crippen molar-refractivity contribution in [3.63, 3.8) is 0 Å². The molecular formula is C19H13ClN2O2S. The van der Waals surface area contributed by atoms with Gasteiger partial charge < -0.3 is 4.74 Å². The number of amides is 1. The minimum atomic E-state index is -0.601. The average molecular weight is 369 g/mol. The Morgan fingerprint density at radius 2 is 1.96 bits per heavy atom. The van der Waals surface area contributed by atoms with Crippen LogP contribution in [-0.4, -0.2) is 6.09 Å². The molecule has 6 heteroatoms. The van der Waals surface area contributed by atoms with Crippen molar-refractivity contribution in [1.29, 1.82) is 5.26 Å². The van der Waals surface area contributed by atoms with Crippen LogP contribution in [0, 0.1) is 11.3 Å². The van der Waals surface area contributed by atoms with Gasteiger partial charge in [0.2, 0.25) is 0 Å². The summed E-state index contributed by atoms with van der Waals surface area (Å²) in [5, 5.41) is 12.5. The number of nitrogens with one attached hydrogen (secondary N) is 1. The summed E-state index contributed by atoms with van der Waals surface area (Å²) >= 11 is 7.30. The molecule has 3 rings (SSSR count). The molecule has 1 heterocycles. The lowest BCUT2D eigenvalue weighted by atomic mass is 10.2. The molecule has 1 amide bonds. The van der Waals surface area contributed by atoms with Gasteiger partial charge in [-0.3, -0.25) is 5.32 Å². The highest BCUT2D eigenvalue weighted by molar-refractivity contribution is 7.16. The van der Waals surface area contributed by atoms with Gasteiger partial charge in [-0.1, -0.05) is 54.1 Å². The Bertz CT molecular complexity index is 932. The number of rotatable bonds is 4. The molecular weight excluding hydrogens is 356 g/mol. The smallest absolute Gasteiger partial charge is 0.412 e. The molecule has 3 aromatic rings. The van der Waals surface area contributed by atoms with E-state index in [1.807, 2.05) is 48.5 Å². The number of thiophene rings is 1. The largest absolute Gasteiger partial charge is 0.444 e. The maximum Gasteiger partial charge on any atom is 0.412 e. The van der Waals surface area contributed by atoms with Gasteiger partial charge in [-0.2, -0.15) is 5.26 Å². The van der Waals surface area contributed by atoms with E-state index in [9.17, 15) is 10.1 Å². The summed E-state index contributed by atoms with van der Waals surface area (Å²) in [5.74, 6) is 0. The Kier molecular flexibility index (Phi) is 5.34. The van der Waals surface area contributed by atoms with Crippen LogP contribution in [0.5, 0.6) is 0 Å². The van der Waals surface area contributed by atoms with Crippen molar-refractivity contribution in [2.45, 2.75) is 6.61 Å². The maximum absolute atomic E-state index is 12.0. The number of carbonyl (C=O) groups excluding carboxylic acids is 1. The van der Waals surface area contributed by atoms with Crippen LogP contribution in [0.15, 0.2) is 60.7 Å². The Balaban J connectivity index is 1.72. The van der Waals surface area contributed by atoms with Crippen molar-refractivity contribution >= 4 is 34.7 Å². The van der Waals surface area contributed by atoms with Crippen molar-refractivity contribution in [3.8, 4) is 16.5 Å². The first-order chi connectivity index (χ1) is 12.2. The van der Waals surface area contributed by atoms with Crippen LogP contribution in [0.25, 0.3) is 10.4 Å². The van der Waals surface area contributed by atoms with Crippen LogP contribution in [0.3, 0.4) is 0 Å². The zero-order valence-electron chi connectivity index (χ0n) is 13.0. The zero-order chi connectivity index (χ0) is 17.6. The van der Waals surface area contributed by atoms with Crippen LogP contribution in [0.4, 0.5) is 10.5 Å². The highest BCUT2D eigenvalue weighted by Gasteiger charge is 2.14. The van der Waals surface area contributed by atoms with Crippen LogP contribution < -0.4 is 5.32 Å². The molecule has 1 aromatic heterocycles. The lowest BCUT2D eigenvalue weighted by molar-refractivity contribution is 0.155. The Labute approximate surface area is 154 Å². The molecule has 0 fully saturated rings. The lowest BCUT2D eigenvalue weighted by Gasteiger charge is -2.06. The monoisotopic (exact) mass is 368 g/mol. The van der Waals surface area contributed by atoms with Crippen LogP contribution in [0.2, 0.25) is 5.02 Å². The molecule has 0 aliphatic heterocycles. The van der Waals surface area contributed by atoms with Gasteiger partial charge in [-0.25, -0.2) is 4.79 Å². The highest BCUT2D eigenvalue weighted by atomic mass is 35.5. The first kappa shape index (κ1) is 17.0. The van der Waals surface area contributed by atoms with Crippen molar-refractivity contribution < 1.29 is 9.53 Å². The van der Waals surface area contributed by atoms with Gasteiger partial charge in [-0.05, 0) is 29.3 Å². The third-order valence-corrected chi connectivity index (χ3v) is 4.72. The number of anilines is 1. The summed E-state index contributed by atoms with van der Waals surface area (Å²) in [6, 6.07) is 20.6. The van der Waals surface area contributed by atoms with Crippen LogP contribution in [-0.2, 0) is 11.3 Å². The molecule has 124 valence electrons. The van der Waals surface area contributed by atoms with Gasteiger partial charge in [0.05, 0.1) is 5.69 Å². The molecule has 2 aromatic carbocycles. The summed E-state index contributed by atoms with van der Waals surface area (Å²) in [4.78, 5) is 13.2. The summed E-state index contributed by atoms with van der Waals surface area (Å²) in [6.07, 6.45) is -0.601. The number of nitrogens with zero attached hydrogens (tertiary/aromatic N) is 1. The summed E-state index contributed by atoms with van der Waals surface area (Å²) in [5.41, 5.74) is 2.21. The first-order valence-electron chi connectivity index (χ1n) is 7.43. The van der Waals surface area contributed by atoms with E-state index in [1.54, 1.807) is 12.1 Å². The van der Waals surface area contributed by atoms with Gasteiger partial charge in [0.15, 0.2) is 0 Å². The zero-order valence-corrected chi connectivity index (χ0v) is 14.6. The average Bonchev–Trinajstić information content (AvgIpc) is 3.04. The van der Waals surface area contributed by atoms with Crippen LogP contribution >= 0.6 is 22.9 Å². The lowest BCUT2D eigenvalue weighted by Crippen LogP contribution is -2.13. The molecule has 0 aliphatic rings. The number of ether oxygens (including phenoxy) is 1. The van der Waals surface area contributed by atoms with E-state index in [0.717, 1.165) is 16.0 Å². The molecule has 0 aliphatic carbocycles. The fourth-order valence-electron chi connectivity index (χ4n) is 2.22. The fraction of sp³-hybridized carbons (Fsp3) is 0.0526. The number of carbonyl (C=O) groups is 1. The van der Waals surface area contributed by atoms with Crippen molar-refractivity contribution in [2.24, 2.45) is 0 Å². The quantitative estimate of drug-likeness (QED) is 0.643. The van der Waals surface area contributed by atoms with Crippen molar-refractivity contribution in [1.82, 2.24) is 0 Å². The van der Waals surface area contributed by atoms with E-state index in [-0.39, 0.29) is 6.61 Å². The predicted molar refractivity (Wildman–Crippen MR) is 99.7 cm³/mol. The minimum Gasteiger partial charge on any atom is -0.444 e. The minimum absolute atomic E-state index is 0.167. The summed E-state index contributed by atoms with van der Waals surface area (Å²) in [7, 11) is 0. The Morgan fingerprint density at radius 3 is 2.68 bits per heavy atom. The topological polar surface area (TPSA) is 62.1 Å². The molecule has 0 spiro atoms. The number of hydrogen-bond acceptors (Lipinski definition) is 4. The van der Waals surface area contributed by atoms with E-state index in [4.69, 9.17) is 16.3 Å². The number of hydrogen-bond donors (Lipinski definition) is 1. The van der Waals surface area contributed by atoms with E-state index in [1.165, 1.54) is 11.3 Å². The Hall–Kier alpha value is -2.81. The van der Waals surface area contributed by atoms with Gasteiger partial charge >= 0.3 is 6.09 Å². The van der Waals surface area contributed by atoms with Gasteiger partial charge in [0, 0.05) is 9.90 Å². The SMILES string of the molecule is N#Cc1sc(-c2cccc(Cl)c2)cc1NC(=O)OCc1ccccc1. The molecule has 0 saturated carbocycles. The second-order valence-electron chi connectivity index (χ2n) is 5.16. The molecule has 0 radical (unpaired) electrons. The molecule has 4 nitrogen and oxygen atoms in total. The molecule has 25 heavy (non-hydrogen) atoms. The summed E-state index contributed by atoms with van der Waals surface area (Å²) in [6.45, 7) is 0.167. The van der Waals surface area contributed by atoms with Gasteiger partial charge in [-0.15, -0.1) is 11.3 Å². The standard InChI is InChI=1S/C19H13ClN2O2S/c20-15-8-4-7-14(9-15)17-10-16(18(11-21)25-17)22-19(23)24-12-13-5-2-1-3-6-13/h1-10H,12H2,(H,22,23). The third kappa shape index (κ3) is 4.38. The number of benzene rings is 2. The summed E-state index contributed by atoms with van der Waals surface area (Å²) < 4.78 is 5.19.